The van der Waals surface area contributed by atoms with Gasteiger partial charge in [0.1, 0.15) is 22.8 Å². The molecule has 0 aliphatic carbocycles. The van der Waals surface area contributed by atoms with Crippen LogP contribution in [0.2, 0.25) is 0 Å². The van der Waals surface area contributed by atoms with Gasteiger partial charge in [-0.1, -0.05) is 33.2 Å². The molecule has 3 heterocycles. The number of halogens is 1. The van der Waals surface area contributed by atoms with Crippen molar-refractivity contribution in [1.82, 2.24) is 20.1 Å². The zero-order chi connectivity index (χ0) is 21.6. The summed E-state index contributed by atoms with van der Waals surface area (Å²) >= 11 is 4.93. The quantitative estimate of drug-likeness (QED) is 0.339. The van der Waals surface area contributed by atoms with E-state index in [0.29, 0.717) is 18.2 Å². The Morgan fingerprint density at radius 1 is 1.16 bits per heavy atom. The predicted octanol–water partition coefficient (Wildman–Crippen LogP) is 5.08. The third-order valence-electron chi connectivity index (χ3n) is 4.34. The number of thiophene rings is 1. The molecular formula is C21H20BrN5O3S. The molecule has 31 heavy (non-hydrogen) atoms. The van der Waals surface area contributed by atoms with Crippen LogP contribution in [0.3, 0.4) is 0 Å². The maximum Gasteiger partial charge on any atom is 0.417 e. The minimum atomic E-state index is 0.103. The van der Waals surface area contributed by atoms with Crippen LogP contribution in [-0.2, 0) is 6.42 Å². The molecule has 0 atom stereocenters. The third-order valence-corrected chi connectivity index (χ3v) is 6.00. The van der Waals surface area contributed by atoms with E-state index < -0.39 is 0 Å². The van der Waals surface area contributed by atoms with Crippen molar-refractivity contribution in [2.75, 3.05) is 25.6 Å². The predicted molar refractivity (Wildman–Crippen MR) is 123 cm³/mol. The standard InChI is InChI=1S/C21H20BrN5O3S/c1-3-29-16-11-17(31-19(16)20-26-21(28-2)30-27-20)15-10-18(25-12-24-15)23-9-8-13-4-6-14(22)7-5-13/h4-7,10-12H,3,8-9H2,1-2H3,(H,23,24,25). The summed E-state index contributed by atoms with van der Waals surface area (Å²) in [6.45, 7) is 3.21. The lowest BCUT2D eigenvalue weighted by Crippen LogP contribution is -2.06. The Kier molecular flexibility index (Phi) is 6.78. The van der Waals surface area contributed by atoms with Gasteiger partial charge in [0.2, 0.25) is 5.82 Å². The molecule has 0 unspecified atom stereocenters. The van der Waals surface area contributed by atoms with Crippen LogP contribution in [0.1, 0.15) is 12.5 Å². The monoisotopic (exact) mass is 501 g/mol. The minimum absolute atomic E-state index is 0.103. The van der Waals surface area contributed by atoms with Gasteiger partial charge in [-0.15, -0.1) is 11.3 Å². The normalized spacial score (nSPS) is 10.8. The molecule has 10 heteroatoms. The summed E-state index contributed by atoms with van der Waals surface area (Å²) in [6.07, 6.45) is 2.55. The van der Waals surface area contributed by atoms with E-state index >= 15 is 0 Å². The number of ether oxygens (including phenoxy) is 2. The smallest absolute Gasteiger partial charge is 0.417 e. The van der Waals surface area contributed by atoms with Crippen LogP contribution in [0.25, 0.3) is 21.3 Å². The number of nitrogens with zero attached hydrogens (tertiary/aromatic N) is 4. The molecule has 0 aliphatic rings. The Hall–Kier alpha value is -2.98. The lowest BCUT2D eigenvalue weighted by Gasteiger charge is -2.06. The van der Waals surface area contributed by atoms with E-state index in [-0.39, 0.29) is 6.08 Å². The Balaban J connectivity index is 1.51. The first-order valence-electron chi connectivity index (χ1n) is 9.61. The van der Waals surface area contributed by atoms with Crippen molar-refractivity contribution in [2.45, 2.75) is 13.3 Å². The Bertz CT molecular complexity index is 1150. The highest BCUT2D eigenvalue weighted by Gasteiger charge is 2.19. The average Bonchev–Trinajstić information content (AvgIpc) is 3.43. The van der Waals surface area contributed by atoms with E-state index in [1.54, 1.807) is 6.33 Å². The third kappa shape index (κ3) is 5.20. The van der Waals surface area contributed by atoms with Crippen LogP contribution in [0.15, 0.2) is 51.7 Å². The molecule has 1 aromatic carbocycles. The maximum absolute atomic E-state index is 5.77. The molecule has 8 nitrogen and oxygen atoms in total. The van der Waals surface area contributed by atoms with Crippen LogP contribution in [0.4, 0.5) is 5.82 Å². The van der Waals surface area contributed by atoms with Gasteiger partial charge in [0.05, 0.1) is 24.3 Å². The largest absolute Gasteiger partial charge is 0.492 e. The summed E-state index contributed by atoms with van der Waals surface area (Å²) in [6, 6.07) is 12.1. The molecule has 0 radical (unpaired) electrons. The molecule has 0 saturated carbocycles. The number of nitrogens with one attached hydrogen (secondary N) is 1. The van der Waals surface area contributed by atoms with Crippen LogP contribution in [0, 0.1) is 0 Å². The fraction of sp³-hybridized carbons (Fsp3) is 0.238. The SMILES string of the molecule is CCOc1cc(-c2cc(NCCc3ccc(Br)cc3)ncn2)sc1-c1noc(OC)n1. The molecule has 4 aromatic rings. The maximum atomic E-state index is 5.77. The minimum Gasteiger partial charge on any atom is -0.492 e. The van der Waals surface area contributed by atoms with Crippen LogP contribution < -0.4 is 14.8 Å². The summed E-state index contributed by atoms with van der Waals surface area (Å²) in [5, 5.41) is 7.33. The molecule has 4 rings (SSSR count). The summed E-state index contributed by atoms with van der Waals surface area (Å²) in [5.41, 5.74) is 2.04. The van der Waals surface area contributed by atoms with E-state index in [4.69, 9.17) is 14.0 Å². The topological polar surface area (TPSA) is 95.2 Å². The summed E-state index contributed by atoms with van der Waals surface area (Å²) in [4.78, 5) is 14.7. The first kappa shape index (κ1) is 21.3. The molecule has 0 aliphatic heterocycles. The van der Waals surface area contributed by atoms with E-state index in [1.807, 2.05) is 31.2 Å². The summed E-state index contributed by atoms with van der Waals surface area (Å²) in [5.74, 6) is 1.85. The number of hydrogen-bond donors (Lipinski definition) is 1. The molecule has 0 saturated heterocycles. The van der Waals surface area contributed by atoms with Crippen molar-refractivity contribution < 1.29 is 14.0 Å². The van der Waals surface area contributed by atoms with Crippen molar-refractivity contribution in [3.63, 3.8) is 0 Å². The number of rotatable bonds is 9. The average molecular weight is 502 g/mol. The molecule has 160 valence electrons. The highest BCUT2D eigenvalue weighted by Crippen LogP contribution is 2.42. The second kappa shape index (κ2) is 9.88. The summed E-state index contributed by atoms with van der Waals surface area (Å²) in [7, 11) is 1.48. The molecule has 3 aromatic heterocycles. The number of hydrogen-bond acceptors (Lipinski definition) is 9. The van der Waals surface area contributed by atoms with Crippen LogP contribution in [-0.4, -0.2) is 40.4 Å². The highest BCUT2D eigenvalue weighted by molar-refractivity contribution is 9.10. The highest BCUT2D eigenvalue weighted by atomic mass is 79.9. The van der Waals surface area contributed by atoms with Crippen molar-refractivity contribution >= 4 is 33.1 Å². The first-order chi connectivity index (χ1) is 15.2. The molecule has 0 fully saturated rings. The Morgan fingerprint density at radius 2 is 2.00 bits per heavy atom. The molecule has 0 spiro atoms. The second-order valence-electron chi connectivity index (χ2n) is 6.42. The zero-order valence-electron chi connectivity index (χ0n) is 17.0. The zero-order valence-corrected chi connectivity index (χ0v) is 19.4. The Morgan fingerprint density at radius 3 is 2.74 bits per heavy atom. The van der Waals surface area contributed by atoms with E-state index in [0.717, 1.165) is 38.7 Å². The van der Waals surface area contributed by atoms with Gasteiger partial charge < -0.3 is 14.8 Å². The van der Waals surface area contributed by atoms with Crippen molar-refractivity contribution in [3.05, 3.63) is 52.8 Å². The van der Waals surface area contributed by atoms with Crippen molar-refractivity contribution in [2.24, 2.45) is 0 Å². The number of aromatic nitrogens is 4. The van der Waals surface area contributed by atoms with Gasteiger partial charge in [0.15, 0.2) is 0 Å². The van der Waals surface area contributed by atoms with Crippen LogP contribution >= 0.6 is 27.3 Å². The second-order valence-corrected chi connectivity index (χ2v) is 8.38. The van der Waals surface area contributed by atoms with E-state index in [9.17, 15) is 0 Å². The number of benzene rings is 1. The lowest BCUT2D eigenvalue weighted by molar-refractivity contribution is 0.250. The number of methoxy groups -OCH3 is 1. The van der Waals surface area contributed by atoms with Crippen molar-refractivity contribution in [3.8, 4) is 33.1 Å². The van der Waals surface area contributed by atoms with E-state index in [1.165, 1.54) is 24.0 Å². The fourth-order valence-electron chi connectivity index (χ4n) is 2.88. The first-order valence-corrected chi connectivity index (χ1v) is 11.2. The summed E-state index contributed by atoms with van der Waals surface area (Å²) < 4.78 is 16.9. The Labute approximate surface area is 191 Å². The van der Waals surface area contributed by atoms with Gasteiger partial charge in [-0.2, -0.15) is 4.98 Å². The van der Waals surface area contributed by atoms with Gasteiger partial charge in [-0.25, -0.2) is 9.97 Å². The molecule has 1 N–H and O–H groups in total. The molecule has 0 bridgehead atoms. The molecular weight excluding hydrogens is 482 g/mol. The van der Waals surface area contributed by atoms with Gasteiger partial charge in [-0.3, -0.25) is 4.52 Å². The van der Waals surface area contributed by atoms with Crippen molar-refractivity contribution in [1.29, 1.82) is 0 Å². The number of anilines is 1. The molecule has 0 amide bonds. The lowest BCUT2D eigenvalue weighted by atomic mass is 10.1. The van der Waals surface area contributed by atoms with Gasteiger partial charge in [-0.05, 0) is 31.0 Å². The fourth-order valence-corrected chi connectivity index (χ4v) is 4.14. The van der Waals surface area contributed by atoms with Gasteiger partial charge in [0, 0.05) is 23.2 Å². The van der Waals surface area contributed by atoms with E-state index in [2.05, 4.69) is 53.5 Å². The van der Waals surface area contributed by atoms with Gasteiger partial charge >= 0.3 is 6.08 Å². The van der Waals surface area contributed by atoms with Crippen LogP contribution in [0.5, 0.6) is 11.8 Å². The van der Waals surface area contributed by atoms with Gasteiger partial charge in [0.25, 0.3) is 0 Å².